The maximum atomic E-state index is 3.30. The topological polar surface area (TPSA) is 27.8 Å². The first-order valence-corrected chi connectivity index (χ1v) is 5.47. The van der Waals surface area contributed by atoms with Crippen LogP contribution in [0.2, 0.25) is 0 Å². The van der Waals surface area contributed by atoms with Crippen molar-refractivity contribution < 1.29 is 0 Å². The Hall–Kier alpha value is -1.28. The van der Waals surface area contributed by atoms with Gasteiger partial charge in [-0.1, -0.05) is 19.9 Å². The fraction of sp³-hybridized carbons (Fsp3) is 0.385. The lowest BCUT2D eigenvalue weighted by Crippen LogP contribution is -2.04. The largest absolute Gasteiger partial charge is 0.361 e. The van der Waals surface area contributed by atoms with Gasteiger partial charge >= 0.3 is 0 Å². The van der Waals surface area contributed by atoms with Crippen molar-refractivity contribution in [3.63, 3.8) is 0 Å². The molecule has 0 saturated heterocycles. The van der Waals surface area contributed by atoms with Crippen LogP contribution >= 0.6 is 0 Å². The van der Waals surface area contributed by atoms with Crippen molar-refractivity contribution in [3.8, 4) is 0 Å². The van der Waals surface area contributed by atoms with Crippen LogP contribution in [0.3, 0.4) is 0 Å². The summed E-state index contributed by atoms with van der Waals surface area (Å²) >= 11 is 0. The summed E-state index contributed by atoms with van der Waals surface area (Å²) in [5, 5.41) is 4.53. The van der Waals surface area contributed by atoms with E-state index in [0.29, 0.717) is 5.92 Å². The van der Waals surface area contributed by atoms with E-state index in [1.165, 1.54) is 22.0 Å². The third-order valence-electron chi connectivity index (χ3n) is 2.83. The summed E-state index contributed by atoms with van der Waals surface area (Å²) in [6.07, 6.45) is 2.09. The Bertz CT molecular complexity index is 455. The molecule has 2 aromatic rings. The Labute approximate surface area is 90.7 Å². The minimum Gasteiger partial charge on any atom is -0.361 e. The molecule has 80 valence electrons. The normalized spacial score (nSPS) is 11.5. The van der Waals surface area contributed by atoms with E-state index in [-0.39, 0.29) is 0 Å². The van der Waals surface area contributed by atoms with Crippen molar-refractivity contribution in [2.45, 2.75) is 26.3 Å². The quantitative estimate of drug-likeness (QED) is 0.786. The third kappa shape index (κ3) is 1.90. The van der Waals surface area contributed by atoms with Crippen molar-refractivity contribution in [1.29, 1.82) is 0 Å². The van der Waals surface area contributed by atoms with E-state index in [0.717, 1.165) is 6.54 Å². The highest BCUT2D eigenvalue weighted by atomic mass is 14.8. The van der Waals surface area contributed by atoms with E-state index in [1.807, 2.05) is 7.05 Å². The van der Waals surface area contributed by atoms with Crippen molar-refractivity contribution >= 4 is 10.9 Å². The second-order valence-electron chi connectivity index (χ2n) is 4.30. The van der Waals surface area contributed by atoms with Gasteiger partial charge in [-0.3, -0.25) is 0 Å². The molecule has 15 heavy (non-hydrogen) atoms. The molecule has 1 aromatic carbocycles. The van der Waals surface area contributed by atoms with Gasteiger partial charge in [0.2, 0.25) is 0 Å². The molecule has 0 spiro atoms. The maximum Gasteiger partial charge on any atom is 0.0457 e. The van der Waals surface area contributed by atoms with Crippen LogP contribution < -0.4 is 5.32 Å². The minimum absolute atomic E-state index is 0.590. The second-order valence-corrected chi connectivity index (χ2v) is 4.30. The molecule has 1 heterocycles. The summed E-state index contributed by atoms with van der Waals surface area (Å²) in [5.41, 5.74) is 3.97. The molecule has 0 atom stereocenters. The molecule has 2 heteroatoms. The van der Waals surface area contributed by atoms with Gasteiger partial charge in [-0.25, -0.2) is 0 Å². The number of fused-ring (bicyclic) bond motifs is 1. The smallest absolute Gasteiger partial charge is 0.0457 e. The number of nitrogens with one attached hydrogen (secondary N) is 2. The predicted octanol–water partition coefficient (Wildman–Crippen LogP) is 3.01. The van der Waals surface area contributed by atoms with Crippen LogP contribution in [0.15, 0.2) is 24.4 Å². The van der Waals surface area contributed by atoms with Gasteiger partial charge in [0.05, 0.1) is 0 Å². The van der Waals surface area contributed by atoms with E-state index < -0.39 is 0 Å². The Morgan fingerprint density at radius 3 is 2.80 bits per heavy atom. The van der Waals surface area contributed by atoms with Gasteiger partial charge in [-0.05, 0) is 36.2 Å². The first-order chi connectivity index (χ1) is 7.22. The summed E-state index contributed by atoms with van der Waals surface area (Å²) in [5.74, 6) is 0.590. The van der Waals surface area contributed by atoms with E-state index in [1.54, 1.807) is 0 Å². The Morgan fingerprint density at radius 2 is 2.13 bits per heavy atom. The van der Waals surface area contributed by atoms with Gasteiger partial charge < -0.3 is 10.3 Å². The molecule has 2 nitrogen and oxygen atoms in total. The number of aromatic nitrogens is 1. The molecule has 0 amide bonds. The lowest BCUT2D eigenvalue weighted by atomic mass is 10.0. The van der Waals surface area contributed by atoms with Crippen LogP contribution in [0.5, 0.6) is 0 Å². The Kier molecular flexibility index (Phi) is 2.78. The van der Waals surface area contributed by atoms with Gasteiger partial charge in [0.1, 0.15) is 0 Å². The van der Waals surface area contributed by atoms with E-state index in [9.17, 15) is 0 Å². The number of aromatic amines is 1. The molecule has 2 N–H and O–H groups in total. The molecule has 0 unspecified atom stereocenters. The molecular weight excluding hydrogens is 184 g/mol. The van der Waals surface area contributed by atoms with E-state index in [2.05, 4.69) is 48.5 Å². The summed E-state index contributed by atoms with van der Waals surface area (Å²) < 4.78 is 0. The molecule has 0 aliphatic carbocycles. The standard InChI is InChI=1S/C13H18N2/c1-9(2)10-4-5-13-12(6-10)11(7-14-3)8-15-13/h4-6,8-9,14-15H,7H2,1-3H3. The highest BCUT2D eigenvalue weighted by molar-refractivity contribution is 5.84. The third-order valence-corrected chi connectivity index (χ3v) is 2.83. The monoisotopic (exact) mass is 202 g/mol. The zero-order valence-corrected chi connectivity index (χ0v) is 9.59. The lowest BCUT2D eigenvalue weighted by Gasteiger charge is -2.05. The van der Waals surface area contributed by atoms with Crippen LogP contribution in [-0.4, -0.2) is 12.0 Å². The number of benzene rings is 1. The SMILES string of the molecule is CNCc1c[nH]c2ccc(C(C)C)cc12. The Morgan fingerprint density at radius 1 is 1.33 bits per heavy atom. The molecular formula is C13H18N2. The molecule has 0 saturated carbocycles. The molecule has 0 bridgehead atoms. The van der Waals surface area contributed by atoms with Gasteiger partial charge in [0.25, 0.3) is 0 Å². The first-order valence-electron chi connectivity index (χ1n) is 5.47. The van der Waals surface area contributed by atoms with Crippen molar-refractivity contribution in [3.05, 3.63) is 35.5 Å². The van der Waals surface area contributed by atoms with Crippen LogP contribution in [0.1, 0.15) is 30.9 Å². The first kappa shape index (κ1) is 10.2. The zero-order valence-electron chi connectivity index (χ0n) is 9.59. The number of H-pyrrole nitrogens is 1. The van der Waals surface area contributed by atoms with Crippen molar-refractivity contribution in [2.24, 2.45) is 0 Å². The van der Waals surface area contributed by atoms with E-state index >= 15 is 0 Å². The summed E-state index contributed by atoms with van der Waals surface area (Å²) in [7, 11) is 1.98. The Balaban J connectivity index is 2.51. The number of hydrogen-bond acceptors (Lipinski definition) is 1. The van der Waals surface area contributed by atoms with Crippen LogP contribution in [-0.2, 0) is 6.54 Å². The van der Waals surface area contributed by atoms with E-state index in [4.69, 9.17) is 0 Å². The fourth-order valence-corrected chi connectivity index (χ4v) is 1.89. The second kappa shape index (κ2) is 4.07. The fourth-order valence-electron chi connectivity index (χ4n) is 1.89. The molecule has 0 radical (unpaired) electrons. The zero-order chi connectivity index (χ0) is 10.8. The highest BCUT2D eigenvalue weighted by Crippen LogP contribution is 2.23. The minimum atomic E-state index is 0.590. The van der Waals surface area contributed by atoms with Crippen molar-refractivity contribution in [2.75, 3.05) is 7.05 Å². The predicted molar refractivity (Wildman–Crippen MR) is 65.2 cm³/mol. The average molecular weight is 202 g/mol. The number of hydrogen-bond donors (Lipinski definition) is 2. The number of rotatable bonds is 3. The molecule has 0 fully saturated rings. The molecule has 2 rings (SSSR count). The summed E-state index contributed by atoms with van der Waals surface area (Å²) in [6, 6.07) is 6.67. The highest BCUT2D eigenvalue weighted by Gasteiger charge is 2.05. The van der Waals surface area contributed by atoms with Gasteiger partial charge in [-0.15, -0.1) is 0 Å². The molecule has 1 aromatic heterocycles. The van der Waals surface area contributed by atoms with Crippen LogP contribution in [0.4, 0.5) is 0 Å². The van der Waals surface area contributed by atoms with Gasteiger partial charge in [-0.2, -0.15) is 0 Å². The van der Waals surface area contributed by atoms with Gasteiger partial charge in [0, 0.05) is 23.6 Å². The lowest BCUT2D eigenvalue weighted by molar-refractivity contribution is 0.822. The average Bonchev–Trinajstić information content (AvgIpc) is 2.61. The molecule has 0 aliphatic heterocycles. The van der Waals surface area contributed by atoms with Crippen LogP contribution in [0, 0.1) is 0 Å². The van der Waals surface area contributed by atoms with Crippen molar-refractivity contribution in [1.82, 2.24) is 10.3 Å². The van der Waals surface area contributed by atoms with Crippen LogP contribution in [0.25, 0.3) is 10.9 Å². The molecule has 0 aliphatic rings. The summed E-state index contributed by atoms with van der Waals surface area (Å²) in [4.78, 5) is 3.30. The van der Waals surface area contributed by atoms with Gasteiger partial charge in [0.15, 0.2) is 0 Å². The maximum absolute atomic E-state index is 3.30. The summed E-state index contributed by atoms with van der Waals surface area (Å²) in [6.45, 7) is 5.37.